The first-order valence-corrected chi connectivity index (χ1v) is 6.41. The Hall–Kier alpha value is -2.11. The Morgan fingerprint density at radius 3 is 2.70 bits per heavy atom. The third kappa shape index (κ3) is 3.69. The molecule has 6 heteroatoms. The van der Waals surface area contributed by atoms with Crippen LogP contribution in [0.4, 0.5) is 4.79 Å². The predicted octanol–water partition coefficient (Wildman–Crippen LogP) is 2.40. The van der Waals surface area contributed by atoms with Crippen LogP contribution in [0.25, 0.3) is 0 Å². The largest absolute Gasteiger partial charge is 0.508 e. The molecule has 110 valence electrons. The van der Waals surface area contributed by atoms with Gasteiger partial charge in [0.25, 0.3) is 0 Å². The SMILES string of the molecule is COc1ccc(OCCCC2COC(=O)O2)cc1OC. The van der Waals surface area contributed by atoms with E-state index in [0.717, 1.165) is 12.8 Å². The number of rotatable bonds is 7. The Bertz CT molecular complexity index is 459. The molecule has 1 unspecified atom stereocenters. The number of carbonyl (C=O) groups excluding carboxylic acids is 1. The summed E-state index contributed by atoms with van der Waals surface area (Å²) < 4.78 is 25.6. The molecule has 1 aliphatic heterocycles. The Morgan fingerprint density at radius 1 is 1.25 bits per heavy atom. The molecule has 0 spiro atoms. The lowest BCUT2D eigenvalue weighted by Gasteiger charge is -2.11. The smallest absolute Gasteiger partial charge is 0.493 e. The zero-order chi connectivity index (χ0) is 14.4. The number of methoxy groups -OCH3 is 2. The van der Waals surface area contributed by atoms with Crippen LogP contribution in [-0.2, 0) is 9.47 Å². The van der Waals surface area contributed by atoms with Gasteiger partial charge in [-0.15, -0.1) is 0 Å². The summed E-state index contributed by atoms with van der Waals surface area (Å²) in [5, 5.41) is 0. The summed E-state index contributed by atoms with van der Waals surface area (Å²) in [5.41, 5.74) is 0. The van der Waals surface area contributed by atoms with E-state index in [4.69, 9.17) is 23.7 Å². The van der Waals surface area contributed by atoms with Crippen LogP contribution in [0, 0.1) is 0 Å². The summed E-state index contributed by atoms with van der Waals surface area (Å²) >= 11 is 0. The lowest BCUT2D eigenvalue weighted by atomic mass is 10.2. The molecule has 1 fully saturated rings. The van der Waals surface area contributed by atoms with Crippen molar-refractivity contribution in [1.82, 2.24) is 0 Å². The first-order valence-electron chi connectivity index (χ1n) is 6.41. The highest BCUT2D eigenvalue weighted by molar-refractivity contribution is 5.61. The van der Waals surface area contributed by atoms with Crippen molar-refractivity contribution in [3.05, 3.63) is 18.2 Å². The second-order valence-corrected chi connectivity index (χ2v) is 4.31. The molecule has 1 aliphatic rings. The van der Waals surface area contributed by atoms with E-state index < -0.39 is 6.16 Å². The van der Waals surface area contributed by atoms with Gasteiger partial charge < -0.3 is 23.7 Å². The van der Waals surface area contributed by atoms with Gasteiger partial charge in [-0.1, -0.05) is 0 Å². The van der Waals surface area contributed by atoms with Crippen molar-refractivity contribution >= 4 is 6.16 Å². The van der Waals surface area contributed by atoms with Crippen molar-refractivity contribution in [2.75, 3.05) is 27.4 Å². The fourth-order valence-electron chi connectivity index (χ4n) is 1.91. The molecule has 0 saturated carbocycles. The molecule has 1 heterocycles. The van der Waals surface area contributed by atoms with Crippen LogP contribution in [0.2, 0.25) is 0 Å². The summed E-state index contributed by atoms with van der Waals surface area (Å²) in [6, 6.07) is 5.39. The summed E-state index contributed by atoms with van der Waals surface area (Å²) in [7, 11) is 3.17. The highest BCUT2D eigenvalue weighted by atomic mass is 16.8. The minimum Gasteiger partial charge on any atom is -0.493 e. The minimum absolute atomic E-state index is 0.156. The molecular formula is C14H18O6. The van der Waals surface area contributed by atoms with Crippen LogP contribution in [0.15, 0.2) is 18.2 Å². The molecule has 0 amide bonds. The Kier molecular flexibility index (Phi) is 4.92. The van der Waals surface area contributed by atoms with Crippen molar-refractivity contribution in [1.29, 1.82) is 0 Å². The second kappa shape index (κ2) is 6.88. The maximum atomic E-state index is 10.7. The molecule has 0 aromatic heterocycles. The molecule has 1 aromatic carbocycles. The standard InChI is InChI=1S/C14H18O6/c1-16-12-6-5-10(8-13(12)17-2)18-7-3-4-11-9-19-14(15)20-11/h5-6,8,11H,3-4,7,9H2,1-2H3. The second-order valence-electron chi connectivity index (χ2n) is 4.31. The summed E-state index contributed by atoms with van der Waals surface area (Å²) in [5.74, 6) is 2.00. The summed E-state index contributed by atoms with van der Waals surface area (Å²) in [6.07, 6.45) is 0.751. The maximum absolute atomic E-state index is 10.7. The molecule has 0 aliphatic carbocycles. The topological polar surface area (TPSA) is 63.2 Å². The Morgan fingerprint density at radius 2 is 2.05 bits per heavy atom. The van der Waals surface area contributed by atoms with E-state index in [-0.39, 0.29) is 6.10 Å². The van der Waals surface area contributed by atoms with E-state index in [1.807, 2.05) is 6.07 Å². The quantitative estimate of drug-likeness (QED) is 0.565. The van der Waals surface area contributed by atoms with E-state index in [0.29, 0.717) is 30.5 Å². The molecule has 1 saturated heterocycles. The van der Waals surface area contributed by atoms with Crippen molar-refractivity contribution < 1.29 is 28.5 Å². The Balaban J connectivity index is 1.75. The summed E-state index contributed by atoms with van der Waals surface area (Å²) in [4.78, 5) is 10.7. The normalized spacial score (nSPS) is 17.3. The maximum Gasteiger partial charge on any atom is 0.508 e. The van der Waals surface area contributed by atoms with Crippen LogP contribution in [-0.4, -0.2) is 39.7 Å². The number of cyclic esters (lactones) is 2. The first kappa shape index (κ1) is 14.3. The number of hydrogen-bond donors (Lipinski definition) is 0. The average Bonchev–Trinajstić information content (AvgIpc) is 2.89. The van der Waals surface area contributed by atoms with Gasteiger partial charge in [0.05, 0.1) is 20.8 Å². The monoisotopic (exact) mass is 282 g/mol. The fourth-order valence-corrected chi connectivity index (χ4v) is 1.91. The zero-order valence-electron chi connectivity index (χ0n) is 11.6. The molecule has 0 N–H and O–H groups in total. The molecule has 6 nitrogen and oxygen atoms in total. The molecule has 1 atom stereocenters. The van der Waals surface area contributed by atoms with E-state index in [2.05, 4.69) is 0 Å². The average molecular weight is 282 g/mol. The lowest BCUT2D eigenvalue weighted by molar-refractivity contribution is 0.114. The van der Waals surface area contributed by atoms with Crippen LogP contribution in [0.3, 0.4) is 0 Å². The van der Waals surface area contributed by atoms with Crippen LogP contribution < -0.4 is 14.2 Å². The highest BCUT2D eigenvalue weighted by Gasteiger charge is 2.24. The third-order valence-electron chi connectivity index (χ3n) is 2.94. The van der Waals surface area contributed by atoms with Gasteiger partial charge in [-0.3, -0.25) is 0 Å². The number of hydrogen-bond acceptors (Lipinski definition) is 6. The molecule has 0 bridgehead atoms. The van der Waals surface area contributed by atoms with Gasteiger partial charge in [-0.2, -0.15) is 0 Å². The summed E-state index contributed by atoms with van der Waals surface area (Å²) in [6.45, 7) is 0.860. The first-order chi connectivity index (χ1) is 9.72. The van der Waals surface area contributed by atoms with E-state index in [1.54, 1.807) is 26.4 Å². The molecular weight excluding hydrogens is 264 g/mol. The van der Waals surface area contributed by atoms with Crippen molar-refractivity contribution in [2.45, 2.75) is 18.9 Å². The highest BCUT2D eigenvalue weighted by Crippen LogP contribution is 2.30. The number of carbonyl (C=O) groups is 1. The van der Waals surface area contributed by atoms with Gasteiger partial charge in [0, 0.05) is 6.07 Å². The van der Waals surface area contributed by atoms with E-state index >= 15 is 0 Å². The fraction of sp³-hybridized carbons (Fsp3) is 0.500. The van der Waals surface area contributed by atoms with E-state index in [1.165, 1.54) is 0 Å². The van der Waals surface area contributed by atoms with E-state index in [9.17, 15) is 4.79 Å². The van der Waals surface area contributed by atoms with Gasteiger partial charge in [0.15, 0.2) is 11.5 Å². The van der Waals surface area contributed by atoms with Crippen LogP contribution >= 0.6 is 0 Å². The number of benzene rings is 1. The lowest BCUT2D eigenvalue weighted by Crippen LogP contribution is -2.11. The molecule has 20 heavy (non-hydrogen) atoms. The zero-order valence-corrected chi connectivity index (χ0v) is 11.6. The van der Waals surface area contributed by atoms with Gasteiger partial charge in [0.1, 0.15) is 18.5 Å². The molecule has 1 aromatic rings. The predicted molar refractivity (Wildman–Crippen MR) is 70.5 cm³/mol. The third-order valence-corrected chi connectivity index (χ3v) is 2.94. The molecule has 2 rings (SSSR count). The van der Waals surface area contributed by atoms with Gasteiger partial charge in [0.2, 0.25) is 0 Å². The number of ether oxygens (including phenoxy) is 5. The van der Waals surface area contributed by atoms with Gasteiger partial charge in [-0.05, 0) is 25.0 Å². The van der Waals surface area contributed by atoms with Crippen molar-refractivity contribution in [2.24, 2.45) is 0 Å². The van der Waals surface area contributed by atoms with Crippen molar-refractivity contribution in [3.63, 3.8) is 0 Å². The van der Waals surface area contributed by atoms with Gasteiger partial charge in [-0.25, -0.2) is 4.79 Å². The van der Waals surface area contributed by atoms with Crippen molar-refractivity contribution in [3.8, 4) is 17.2 Å². The van der Waals surface area contributed by atoms with Gasteiger partial charge >= 0.3 is 6.16 Å². The van der Waals surface area contributed by atoms with Crippen LogP contribution in [0.1, 0.15) is 12.8 Å². The minimum atomic E-state index is -0.587. The Labute approximate surface area is 117 Å². The van der Waals surface area contributed by atoms with Crippen LogP contribution in [0.5, 0.6) is 17.2 Å². The molecule has 0 radical (unpaired) electrons.